The molecule has 0 bridgehead atoms. The van der Waals surface area contributed by atoms with E-state index in [4.69, 9.17) is 8.83 Å². The molecule has 362 valence electrons. The summed E-state index contributed by atoms with van der Waals surface area (Å²) in [5.74, 6) is 0. The molecule has 0 saturated heterocycles. The molecule has 0 radical (unpaired) electrons. The maximum Gasteiger partial charge on any atom is 0.160 e. The fraction of sp³-hybridized carbons (Fsp3) is 0.0833. The minimum absolute atomic E-state index is 0.409. The standard InChI is InChI=1S/C72H52N2O2/c1-71(2)55-42-54-56(41-53(55)65-57(71)44-62(69-68(65)52-36-20-24-40-64(52)75-69)74(48-31-15-8-16-32-48)60-38-22-18-34-50(60)46-27-11-6-12-28-46)72(3,4)58-43-61(67-51-35-19-23-39-63(51)76-70(67)66(54)58)73(47-29-13-7-14-30-47)59-37-21-17-33-49(59)45-25-9-5-10-26-45/h5-44H,1-4H3. The van der Waals surface area contributed by atoms with E-state index in [0.29, 0.717) is 0 Å². The smallest absolute Gasteiger partial charge is 0.160 e. The summed E-state index contributed by atoms with van der Waals surface area (Å²) in [6.07, 6.45) is 0. The lowest BCUT2D eigenvalue weighted by Gasteiger charge is -2.30. The first-order valence-corrected chi connectivity index (χ1v) is 26.4. The molecule has 2 aliphatic rings. The second-order valence-corrected chi connectivity index (χ2v) is 21.5. The highest BCUT2D eigenvalue weighted by Gasteiger charge is 2.45. The zero-order chi connectivity index (χ0) is 50.9. The molecular formula is C72H52N2O2. The van der Waals surface area contributed by atoms with Gasteiger partial charge in [0.1, 0.15) is 16.7 Å². The van der Waals surface area contributed by atoms with Gasteiger partial charge >= 0.3 is 0 Å². The Morgan fingerprint density at radius 3 is 1.24 bits per heavy atom. The quantitative estimate of drug-likeness (QED) is 0.152. The Morgan fingerprint density at radius 2 is 0.697 bits per heavy atom. The average Bonchev–Trinajstić information content (AvgIpc) is 4.37. The lowest BCUT2D eigenvalue weighted by Crippen LogP contribution is -2.18. The second-order valence-electron chi connectivity index (χ2n) is 21.5. The Hall–Kier alpha value is -9.38. The van der Waals surface area contributed by atoms with Gasteiger partial charge in [-0.25, -0.2) is 0 Å². The first-order chi connectivity index (χ1) is 37.3. The molecule has 0 saturated carbocycles. The van der Waals surface area contributed by atoms with E-state index in [2.05, 4.69) is 280 Å². The van der Waals surface area contributed by atoms with Crippen molar-refractivity contribution in [3.63, 3.8) is 0 Å². The highest BCUT2D eigenvalue weighted by atomic mass is 16.3. The average molecular weight is 977 g/mol. The van der Waals surface area contributed by atoms with Crippen LogP contribution in [0.1, 0.15) is 49.9 Å². The van der Waals surface area contributed by atoms with Crippen LogP contribution in [0.2, 0.25) is 0 Å². The van der Waals surface area contributed by atoms with Gasteiger partial charge < -0.3 is 18.6 Å². The molecular weight excluding hydrogens is 925 g/mol. The summed E-state index contributed by atoms with van der Waals surface area (Å²) < 4.78 is 14.5. The van der Waals surface area contributed by atoms with E-state index < -0.39 is 10.8 Å². The maximum atomic E-state index is 7.27. The van der Waals surface area contributed by atoms with Gasteiger partial charge in [-0.15, -0.1) is 0 Å². The number of fused-ring (bicyclic) bond motifs is 14. The molecule has 4 heteroatoms. The lowest BCUT2D eigenvalue weighted by atomic mass is 9.79. The van der Waals surface area contributed by atoms with Crippen LogP contribution in [0.4, 0.5) is 34.1 Å². The van der Waals surface area contributed by atoms with E-state index in [0.717, 1.165) is 100 Å². The summed E-state index contributed by atoms with van der Waals surface area (Å²) in [6, 6.07) is 87.7. The molecule has 15 rings (SSSR count). The molecule has 0 atom stereocenters. The molecule has 11 aromatic carbocycles. The van der Waals surface area contributed by atoms with Crippen molar-refractivity contribution in [2.75, 3.05) is 9.80 Å². The Kier molecular flexibility index (Phi) is 9.62. The lowest BCUT2D eigenvalue weighted by molar-refractivity contribution is 0.649. The number of furan rings is 2. The number of hydrogen-bond donors (Lipinski definition) is 0. The van der Waals surface area contributed by atoms with E-state index in [9.17, 15) is 0 Å². The monoisotopic (exact) mass is 976 g/mol. The predicted molar refractivity (Wildman–Crippen MR) is 316 cm³/mol. The number of para-hydroxylation sites is 6. The van der Waals surface area contributed by atoms with Crippen LogP contribution >= 0.6 is 0 Å². The molecule has 4 nitrogen and oxygen atoms in total. The van der Waals surface area contributed by atoms with Gasteiger partial charge in [0.15, 0.2) is 5.58 Å². The number of rotatable bonds is 8. The van der Waals surface area contributed by atoms with Crippen LogP contribution < -0.4 is 9.80 Å². The van der Waals surface area contributed by atoms with Crippen molar-refractivity contribution in [3.8, 4) is 44.5 Å². The van der Waals surface area contributed by atoms with E-state index in [1.165, 1.54) is 44.5 Å². The summed E-state index contributed by atoms with van der Waals surface area (Å²) in [6.45, 7) is 9.63. The fourth-order valence-corrected chi connectivity index (χ4v) is 13.0. The minimum Gasteiger partial charge on any atom is -0.455 e. The number of hydrogen-bond acceptors (Lipinski definition) is 4. The van der Waals surface area contributed by atoms with Crippen LogP contribution in [0.5, 0.6) is 0 Å². The van der Waals surface area contributed by atoms with Crippen LogP contribution in [0, 0.1) is 0 Å². The zero-order valence-electron chi connectivity index (χ0n) is 42.8. The van der Waals surface area contributed by atoms with Crippen molar-refractivity contribution in [3.05, 3.63) is 265 Å². The van der Waals surface area contributed by atoms with Crippen molar-refractivity contribution in [1.29, 1.82) is 0 Å². The third kappa shape index (κ3) is 6.37. The highest BCUT2D eigenvalue weighted by Crippen LogP contribution is 2.62. The Labute approximate surface area is 442 Å². The molecule has 2 aliphatic carbocycles. The summed E-state index contributed by atoms with van der Waals surface area (Å²) in [5.41, 5.74) is 23.7. The maximum absolute atomic E-state index is 7.27. The molecule has 0 amide bonds. The summed E-state index contributed by atoms with van der Waals surface area (Å²) in [4.78, 5) is 4.87. The van der Waals surface area contributed by atoms with Crippen molar-refractivity contribution in [2.45, 2.75) is 38.5 Å². The summed E-state index contributed by atoms with van der Waals surface area (Å²) >= 11 is 0. The van der Waals surface area contributed by atoms with Gasteiger partial charge in [0.05, 0.1) is 28.1 Å². The van der Waals surface area contributed by atoms with Crippen LogP contribution in [0.15, 0.2) is 251 Å². The normalized spacial score (nSPS) is 13.7. The second kappa shape index (κ2) is 16.6. The minimum atomic E-state index is -0.418. The van der Waals surface area contributed by atoms with E-state index in [1.54, 1.807) is 0 Å². The summed E-state index contributed by atoms with van der Waals surface area (Å²) in [5, 5.41) is 4.43. The largest absolute Gasteiger partial charge is 0.455 e. The summed E-state index contributed by atoms with van der Waals surface area (Å²) in [7, 11) is 0. The fourth-order valence-electron chi connectivity index (χ4n) is 13.0. The van der Waals surface area contributed by atoms with Gasteiger partial charge in [0.25, 0.3) is 0 Å². The van der Waals surface area contributed by atoms with E-state index in [-0.39, 0.29) is 0 Å². The molecule has 0 fully saturated rings. The molecule has 0 N–H and O–H groups in total. The molecule has 13 aromatic rings. The Bertz CT molecular complexity index is 4450. The van der Waals surface area contributed by atoms with Crippen LogP contribution in [-0.4, -0.2) is 0 Å². The topological polar surface area (TPSA) is 32.8 Å². The van der Waals surface area contributed by atoms with Gasteiger partial charge in [0, 0.05) is 55.1 Å². The van der Waals surface area contributed by atoms with E-state index >= 15 is 0 Å². The SMILES string of the molecule is CC1(C)c2cc3c(cc2-c2c1cc(N(c1ccccc1)c1ccccc1-c1ccccc1)c1c2oc2ccccc21)C(C)(C)c1cc(N(c2ccccc2)c2ccccc2-c2ccccc2)c2oc4ccccc4c2c1-3. The Morgan fingerprint density at radius 1 is 0.303 bits per heavy atom. The number of benzene rings is 11. The Balaban J connectivity index is 0.989. The molecule has 76 heavy (non-hydrogen) atoms. The number of anilines is 6. The first kappa shape index (κ1) is 44.1. The predicted octanol–water partition coefficient (Wildman–Crippen LogP) is 20.4. The molecule has 0 aliphatic heterocycles. The van der Waals surface area contributed by atoms with Crippen LogP contribution in [0.3, 0.4) is 0 Å². The first-order valence-electron chi connectivity index (χ1n) is 26.4. The van der Waals surface area contributed by atoms with Gasteiger partial charge in [-0.2, -0.15) is 0 Å². The molecule has 0 spiro atoms. The van der Waals surface area contributed by atoms with Crippen molar-refractivity contribution >= 4 is 78.0 Å². The molecule has 2 aromatic heterocycles. The van der Waals surface area contributed by atoms with Crippen molar-refractivity contribution in [1.82, 2.24) is 0 Å². The van der Waals surface area contributed by atoms with Gasteiger partial charge in [-0.05, 0) is 123 Å². The van der Waals surface area contributed by atoms with Gasteiger partial charge in [-0.3, -0.25) is 0 Å². The molecule has 2 heterocycles. The van der Waals surface area contributed by atoms with Gasteiger partial charge in [0.2, 0.25) is 0 Å². The third-order valence-electron chi connectivity index (χ3n) is 16.6. The van der Waals surface area contributed by atoms with Crippen LogP contribution in [0.25, 0.3) is 88.4 Å². The molecule has 0 unspecified atom stereocenters. The van der Waals surface area contributed by atoms with E-state index in [1.807, 2.05) is 0 Å². The van der Waals surface area contributed by atoms with Gasteiger partial charge in [-0.1, -0.05) is 198 Å². The van der Waals surface area contributed by atoms with Crippen molar-refractivity contribution in [2.24, 2.45) is 0 Å². The number of nitrogens with zero attached hydrogens (tertiary/aromatic N) is 2. The van der Waals surface area contributed by atoms with Crippen LogP contribution in [-0.2, 0) is 10.8 Å². The zero-order valence-corrected chi connectivity index (χ0v) is 42.8. The van der Waals surface area contributed by atoms with Crippen molar-refractivity contribution < 1.29 is 8.83 Å². The highest BCUT2D eigenvalue weighted by molar-refractivity contribution is 6.22. The third-order valence-corrected chi connectivity index (χ3v) is 16.6.